The first-order valence-corrected chi connectivity index (χ1v) is 6.04. The molecule has 0 amide bonds. The van der Waals surface area contributed by atoms with Crippen molar-refractivity contribution in [1.29, 1.82) is 0 Å². The Morgan fingerprint density at radius 1 is 1.36 bits per heavy atom. The quantitative estimate of drug-likeness (QED) is 0.727. The zero-order valence-corrected chi connectivity index (χ0v) is 9.79. The third-order valence-electron chi connectivity index (χ3n) is 3.62. The summed E-state index contributed by atoms with van der Waals surface area (Å²) >= 11 is 0. The summed E-state index contributed by atoms with van der Waals surface area (Å²) in [5.74, 6) is 1.62. The maximum atomic E-state index is 9.15. The molecule has 84 valence electrons. The lowest BCUT2D eigenvalue weighted by molar-refractivity contribution is 0.173. The van der Waals surface area contributed by atoms with Gasteiger partial charge in [0.25, 0.3) is 0 Å². The van der Waals surface area contributed by atoms with Gasteiger partial charge in [0.05, 0.1) is 6.61 Å². The molecule has 0 aromatic carbocycles. The van der Waals surface area contributed by atoms with Gasteiger partial charge in [0.2, 0.25) is 0 Å². The summed E-state index contributed by atoms with van der Waals surface area (Å²) in [5.41, 5.74) is 0. The van der Waals surface area contributed by atoms with Crippen molar-refractivity contribution in [2.24, 2.45) is 11.8 Å². The molecular formula is C12H25NO. The van der Waals surface area contributed by atoms with Crippen LogP contribution in [0.15, 0.2) is 0 Å². The van der Waals surface area contributed by atoms with Crippen molar-refractivity contribution in [2.75, 3.05) is 6.61 Å². The summed E-state index contributed by atoms with van der Waals surface area (Å²) in [6, 6.07) is 0.920. The van der Waals surface area contributed by atoms with Crippen molar-refractivity contribution >= 4 is 0 Å². The van der Waals surface area contributed by atoms with E-state index in [0.717, 1.165) is 18.3 Å². The van der Waals surface area contributed by atoms with Gasteiger partial charge in [-0.2, -0.15) is 0 Å². The molecule has 0 aromatic heterocycles. The van der Waals surface area contributed by atoms with E-state index >= 15 is 0 Å². The predicted octanol–water partition coefficient (Wildman–Crippen LogP) is 2.17. The molecule has 14 heavy (non-hydrogen) atoms. The smallest absolute Gasteiger partial charge is 0.0584 e. The summed E-state index contributed by atoms with van der Waals surface area (Å²) in [4.78, 5) is 0. The molecule has 1 fully saturated rings. The van der Waals surface area contributed by atoms with Gasteiger partial charge in [-0.15, -0.1) is 0 Å². The predicted molar refractivity (Wildman–Crippen MR) is 60.3 cm³/mol. The zero-order valence-electron chi connectivity index (χ0n) is 9.79. The number of hydrogen-bond acceptors (Lipinski definition) is 2. The Kier molecular flexibility index (Phi) is 4.90. The number of hydrogen-bond donors (Lipinski definition) is 2. The van der Waals surface area contributed by atoms with Crippen LogP contribution in [-0.4, -0.2) is 23.8 Å². The highest BCUT2D eigenvalue weighted by Gasteiger charge is 2.26. The fraction of sp³-hybridized carbons (Fsp3) is 1.00. The van der Waals surface area contributed by atoms with Crippen LogP contribution >= 0.6 is 0 Å². The molecule has 2 N–H and O–H groups in total. The first-order chi connectivity index (χ1) is 6.67. The number of aliphatic hydroxyl groups excluding tert-OH is 1. The molecule has 1 aliphatic carbocycles. The van der Waals surface area contributed by atoms with Gasteiger partial charge >= 0.3 is 0 Å². The van der Waals surface area contributed by atoms with Crippen molar-refractivity contribution < 1.29 is 5.11 Å². The molecule has 0 spiro atoms. The van der Waals surface area contributed by atoms with Gasteiger partial charge in [0, 0.05) is 12.1 Å². The van der Waals surface area contributed by atoms with Crippen LogP contribution in [0.2, 0.25) is 0 Å². The largest absolute Gasteiger partial charge is 0.395 e. The molecule has 0 saturated heterocycles. The SMILES string of the molecule is CC[C@H](CO)NC1CC(C)CCC1C. The molecule has 2 heteroatoms. The fourth-order valence-electron chi connectivity index (χ4n) is 2.37. The van der Waals surface area contributed by atoms with Crippen molar-refractivity contribution in [1.82, 2.24) is 5.32 Å². The van der Waals surface area contributed by atoms with E-state index in [9.17, 15) is 0 Å². The van der Waals surface area contributed by atoms with Gasteiger partial charge in [-0.3, -0.25) is 0 Å². The van der Waals surface area contributed by atoms with Crippen molar-refractivity contribution in [3.63, 3.8) is 0 Å². The molecule has 4 atom stereocenters. The van der Waals surface area contributed by atoms with E-state index in [4.69, 9.17) is 5.11 Å². The Morgan fingerprint density at radius 3 is 2.64 bits per heavy atom. The first kappa shape index (κ1) is 12.0. The highest BCUT2D eigenvalue weighted by Crippen LogP contribution is 2.28. The molecule has 0 radical (unpaired) electrons. The summed E-state index contributed by atoms with van der Waals surface area (Å²) in [6.07, 6.45) is 5.00. The van der Waals surface area contributed by atoms with Crippen molar-refractivity contribution in [3.8, 4) is 0 Å². The van der Waals surface area contributed by atoms with Crippen LogP contribution in [0.4, 0.5) is 0 Å². The third kappa shape index (κ3) is 3.25. The van der Waals surface area contributed by atoms with Crippen molar-refractivity contribution in [2.45, 2.75) is 58.5 Å². The van der Waals surface area contributed by atoms with E-state index < -0.39 is 0 Å². The number of rotatable bonds is 4. The van der Waals surface area contributed by atoms with E-state index in [-0.39, 0.29) is 6.61 Å². The lowest BCUT2D eigenvalue weighted by Crippen LogP contribution is -2.46. The van der Waals surface area contributed by atoms with Crippen LogP contribution in [-0.2, 0) is 0 Å². The molecule has 1 saturated carbocycles. The van der Waals surface area contributed by atoms with Gasteiger partial charge in [-0.25, -0.2) is 0 Å². The Balaban J connectivity index is 2.40. The highest BCUT2D eigenvalue weighted by atomic mass is 16.3. The Labute approximate surface area is 88.1 Å². The summed E-state index contributed by atoms with van der Waals surface area (Å²) in [7, 11) is 0. The topological polar surface area (TPSA) is 32.3 Å². The normalized spacial score (nSPS) is 35.6. The fourth-order valence-corrected chi connectivity index (χ4v) is 2.37. The van der Waals surface area contributed by atoms with E-state index in [1.165, 1.54) is 19.3 Å². The van der Waals surface area contributed by atoms with E-state index in [1.807, 2.05) is 0 Å². The second kappa shape index (κ2) is 5.72. The minimum Gasteiger partial charge on any atom is -0.395 e. The number of aliphatic hydroxyl groups is 1. The molecule has 0 bridgehead atoms. The van der Waals surface area contributed by atoms with E-state index in [1.54, 1.807) is 0 Å². The first-order valence-electron chi connectivity index (χ1n) is 6.04. The van der Waals surface area contributed by atoms with Gasteiger partial charge in [0.15, 0.2) is 0 Å². The Bertz CT molecular complexity index is 156. The van der Waals surface area contributed by atoms with Gasteiger partial charge < -0.3 is 10.4 Å². The average Bonchev–Trinajstić information content (AvgIpc) is 2.19. The Hall–Kier alpha value is -0.0800. The summed E-state index contributed by atoms with van der Waals surface area (Å²) in [6.45, 7) is 7.06. The second-order valence-electron chi connectivity index (χ2n) is 4.96. The minimum atomic E-state index is 0.272. The van der Waals surface area contributed by atoms with Gasteiger partial charge in [-0.05, 0) is 31.1 Å². The standard InChI is InChI=1S/C12H25NO/c1-4-11(8-14)13-12-7-9(2)5-6-10(12)3/h9-14H,4-8H2,1-3H3/t9?,10?,11-,12?/m1/s1. The van der Waals surface area contributed by atoms with Gasteiger partial charge in [0.1, 0.15) is 0 Å². The lowest BCUT2D eigenvalue weighted by atomic mass is 9.80. The molecule has 2 nitrogen and oxygen atoms in total. The second-order valence-corrected chi connectivity index (χ2v) is 4.96. The third-order valence-corrected chi connectivity index (χ3v) is 3.62. The van der Waals surface area contributed by atoms with Crippen LogP contribution in [0.5, 0.6) is 0 Å². The van der Waals surface area contributed by atoms with E-state index in [2.05, 4.69) is 26.1 Å². The van der Waals surface area contributed by atoms with E-state index in [0.29, 0.717) is 12.1 Å². The molecule has 0 heterocycles. The lowest BCUT2D eigenvalue weighted by Gasteiger charge is -2.35. The molecule has 1 rings (SSSR count). The number of nitrogens with one attached hydrogen (secondary N) is 1. The van der Waals surface area contributed by atoms with Crippen LogP contribution in [0.3, 0.4) is 0 Å². The van der Waals surface area contributed by atoms with Crippen LogP contribution in [0, 0.1) is 11.8 Å². The molecule has 3 unspecified atom stereocenters. The van der Waals surface area contributed by atoms with Crippen LogP contribution in [0.1, 0.15) is 46.5 Å². The monoisotopic (exact) mass is 199 g/mol. The average molecular weight is 199 g/mol. The molecule has 0 aromatic rings. The van der Waals surface area contributed by atoms with Crippen LogP contribution < -0.4 is 5.32 Å². The van der Waals surface area contributed by atoms with Crippen LogP contribution in [0.25, 0.3) is 0 Å². The zero-order chi connectivity index (χ0) is 10.6. The van der Waals surface area contributed by atoms with Gasteiger partial charge in [-0.1, -0.05) is 27.2 Å². The highest BCUT2D eigenvalue weighted by molar-refractivity contribution is 4.83. The summed E-state index contributed by atoms with van der Waals surface area (Å²) < 4.78 is 0. The maximum absolute atomic E-state index is 9.15. The summed E-state index contributed by atoms with van der Waals surface area (Å²) in [5, 5.41) is 12.7. The maximum Gasteiger partial charge on any atom is 0.0584 e. The molecule has 1 aliphatic rings. The Morgan fingerprint density at radius 2 is 2.07 bits per heavy atom. The minimum absolute atomic E-state index is 0.272. The molecule has 0 aliphatic heterocycles. The van der Waals surface area contributed by atoms with Crippen molar-refractivity contribution in [3.05, 3.63) is 0 Å². The molecular weight excluding hydrogens is 174 g/mol.